The van der Waals surface area contributed by atoms with Crippen LogP contribution in [0.2, 0.25) is 0 Å². The van der Waals surface area contributed by atoms with Crippen LogP contribution in [0, 0.1) is 6.92 Å². The van der Waals surface area contributed by atoms with Gasteiger partial charge in [0.1, 0.15) is 0 Å². The van der Waals surface area contributed by atoms with E-state index < -0.39 is 0 Å². The van der Waals surface area contributed by atoms with Gasteiger partial charge in [-0.15, -0.1) is 12.6 Å². The van der Waals surface area contributed by atoms with E-state index in [9.17, 15) is 9.59 Å². The van der Waals surface area contributed by atoms with Gasteiger partial charge >= 0.3 is 0 Å². The lowest BCUT2D eigenvalue weighted by atomic mass is 10.0. The minimum absolute atomic E-state index is 0.0183. The minimum atomic E-state index is 0.0183. The van der Waals surface area contributed by atoms with Crippen molar-refractivity contribution in [2.45, 2.75) is 43.5 Å². The van der Waals surface area contributed by atoms with Crippen molar-refractivity contribution >= 4 is 24.4 Å². The number of benzene rings is 2. The Morgan fingerprint density at radius 2 is 1.74 bits per heavy atom. The van der Waals surface area contributed by atoms with Crippen molar-refractivity contribution in [1.82, 2.24) is 10.2 Å². The third-order valence-corrected chi connectivity index (χ3v) is 5.43. The monoisotopic (exact) mass is 382 g/mol. The molecule has 0 aliphatic carbocycles. The number of likely N-dealkylation sites (tertiary alicyclic amines) is 1. The molecule has 142 valence electrons. The Morgan fingerprint density at radius 1 is 1.07 bits per heavy atom. The van der Waals surface area contributed by atoms with E-state index in [1.165, 1.54) is 11.1 Å². The molecule has 5 heteroatoms. The first-order valence-electron chi connectivity index (χ1n) is 9.45. The minimum Gasteiger partial charge on any atom is -0.353 e. The summed E-state index contributed by atoms with van der Waals surface area (Å²) in [6.45, 7) is 3.37. The molecule has 0 spiro atoms. The number of thiol groups is 1. The maximum Gasteiger partial charge on any atom is 0.254 e. The molecule has 2 amide bonds. The average molecular weight is 383 g/mol. The molecule has 1 heterocycles. The Morgan fingerprint density at radius 3 is 2.41 bits per heavy atom. The Labute approximate surface area is 166 Å². The van der Waals surface area contributed by atoms with Gasteiger partial charge in [0.05, 0.1) is 5.56 Å². The molecule has 2 aromatic carbocycles. The number of rotatable bonds is 5. The van der Waals surface area contributed by atoms with Crippen LogP contribution in [-0.4, -0.2) is 35.8 Å². The first kappa shape index (κ1) is 19.5. The van der Waals surface area contributed by atoms with Crippen LogP contribution in [0.5, 0.6) is 0 Å². The molecule has 2 aromatic rings. The van der Waals surface area contributed by atoms with Gasteiger partial charge in [0.25, 0.3) is 5.91 Å². The van der Waals surface area contributed by atoms with Crippen molar-refractivity contribution in [3.8, 4) is 0 Å². The van der Waals surface area contributed by atoms with Gasteiger partial charge < -0.3 is 10.2 Å². The smallest absolute Gasteiger partial charge is 0.254 e. The number of amides is 2. The van der Waals surface area contributed by atoms with Crippen LogP contribution < -0.4 is 5.32 Å². The van der Waals surface area contributed by atoms with Gasteiger partial charge in [0, 0.05) is 30.4 Å². The number of nitrogens with zero attached hydrogens (tertiary/aromatic N) is 1. The van der Waals surface area contributed by atoms with Crippen LogP contribution in [0.3, 0.4) is 0 Å². The summed E-state index contributed by atoms with van der Waals surface area (Å²) in [5, 5.41) is 3.12. The van der Waals surface area contributed by atoms with Gasteiger partial charge in [0.15, 0.2) is 0 Å². The average Bonchev–Trinajstić information content (AvgIpc) is 2.68. The van der Waals surface area contributed by atoms with Crippen molar-refractivity contribution in [2.24, 2.45) is 0 Å². The lowest BCUT2D eigenvalue weighted by Crippen LogP contribution is -2.46. The summed E-state index contributed by atoms with van der Waals surface area (Å²) in [6, 6.07) is 15.8. The first-order valence-corrected chi connectivity index (χ1v) is 9.90. The zero-order valence-electron chi connectivity index (χ0n) is 15.6. The Hall–Kier alpha value is -2.27. The lowest BCUT2D eigenvalue weighted by Gasteiger charge is -2.32. The van der Waals surface area contributed by atoms with Gasteiger partial charge in [-0.3, -0.25) is 9.59 Å². The van der Waals surface area contributed by atoms with Crippen LogP contribution in [0.4, 0.5) is 0 Å². The molecule has 1 N–H and O–H groups in total. The predicted octanol–water partition coefficient (Wildman–Crippen LogP) is 3.64. The van der Waals surface area contributed by atoms with Crippen molar-refractivity contribution in [1.29, 1.82) is 0 Å². The van der Waals surface area contributed by atoms with E-state index in [-0.39, 0.29) is 17.9 Å². The molecule has 27 heavy (non-hydrogen) atoms. The Bertz CT molecular complexity index is 796. The maximum atomic E-state index is 12.6. The molecule has 3 rings (SSSR count). The highest BCUT2D eigenvalue weighted by molar-refractivity contribution is 7.80. The quantitative estimate of drug-likeness (QED) is 0.776. The summed E-state index contributed by atoms with van der Waals surface area (Å²) in [5.74, 6) is 0.103. The molecule has 0 atom stereocenters. The maximum absolute atomic E-state index is 12.6. The second-order valence-corrected chi connectivity index (χ2v) is 7.62. The normalized spacial score (nSPS) is 14.8. The number of hydrogen-bond acceptors (Lipinski definition) is 3. The molecular formula is C22H26N2O2S. The second kappa shape index (κ2) is 9.09. The van der Waals surface area contributed by atoms with Gasteiger partial charge in [-0.2, -0.15) is 0 Å². The van der Waals surface area contributed by atoms with Crippen LogP contribution in [0.1, 0.15) is 40.7 Å². The summed E-state index contributed by atoms with van der Waals surface area (Å²) in [6.07, 6.45) is 2.82. The third kappa shape index (κ3) is 5.36. The third-order valence-electron chi connectivity index (χ3n) is 5.04. The van der Waals surface area contributed by atoms with Crippen molar-refractivity contribution in [3.05, 3.63) is 65.2 Å². The number of piperidine rings is 1. The van der Waals surface area contributed by atoms with Crippen LogP contribution >= 0.6 is 12.6 Å². The van der Waals surface area contributed by atoms with E-state index in [2.05, 4.69) is 49.1 Å². The largest absolute Gasteiger partial charge is 0.353 e. The molecule has 1 aliphatic rings. The van der Waals surface area contributed by atoms with Crippen molar-refractivity contribution in [2.75, 3.05) is 13.1 Å². The number of hydrogen-bond donors (Lipinski definition) is 2. The molecule has 1 aliphatic heterocycles. The van der Waals surface area contributed by atoms with Gasteiger partial charge in [0.2, 0.25) is 5.91 Å². The fourth-order valence-corrected chi connectivity index (χ4v) is 3.62. The molecule has 0 radical (unpaired) electrons. The standard InChI is InChI=1S/C22H26N2O2S/c1-16-6-8-17(9-7-16)10-11-21(25)23-18-12-14-24(15-13-18)22(26)19-4-2-3-5-20(19)27/h2-9,18,27H,10-15H2,1H3,(H,23,25). The van der Waals surface area contributed by atoms with Gasteiger partial charge in [-0.05, 0) is 43.9 Å². The first-order chi connectivity index (χ1) is 13.0. The Kier molecular flexibility index (Phi) is 6.56. The summed E-state index contributed by atoms with van der Waals surface area (Å²) in [5.41, 5.74) is 3.05. The summed E-state index contributed by atoms with van der Waals surface area (Å²) in [7, 11) is 0. The molecule has 0 saturated carbocycles. The highest BCUT2D eigenvalue weighted by Gasteiger charge is 2.25. The SMILES string of the molecule is Cc1ccc(CCC(=O)NC2CCN(C(=O)c3ccccc3S)CC2)cc1. The van der Waals surface area contributed by atoms with Crippen molar-refractivity contribution < 1.29 is 9.59 Å². The molecule has 0 aromatic heterocycles. The summed E-state index contributed by atoms with van der Waals surface area (Å²) >= 11 is 4.37. The zero-order valence-corrected chi connectivity index (χ0v) is 16.5. The topological polar surface area (TPSA) is 49.4 Å². The summed E-state index contributed by atoms with van der Waals surface area (Å²) in [4.78, 5) is 27.4. The number of aryl methyl sites for hydroxylation is 2. The van der Waals surface area contributed by atoms with E-state index in [0.29, 0.717) is 30.0 Å². The van der Waals surface area contributed by atoms with E-state index in [0.717, 1.165) is 19.3 Å². The van der Waals surface area contributed by atoms with Crippen LogP contribution in [0.15, 0.2) is 53.4 Å². The fraction of sp³-hybridized carbons (Fsp3) is 0.364. The number of carbonyl (C=O) groups excluding carboxylic acids is 2. The van der Waals surface area contributed by atoms with E-state index >= 15 is 0 Å². The molecule has 0 unspecified atom stereocenters. The second-order valence-electron chi connectivity index (χ2n) is 7.14. The van der Waals surface area contributed by atoms with Gasteiger partial charge in [-0.25, -0.2) is 0 Å². The van der Waals surface area contributed by atoms with E-state index in [1.807, 2.05) is 29.2 Å². The molecule has 1 fully saturated rings. The molecule has 0 bridgehead atoms. The molecular weight excluding hydrogens is 356 g/mol. The molecule has 4 nitrogen and oxygen atoms in total. The summed E-state index contributed by atoms with van der Waals surface area (Å²) < 4.78 is 0. The van der Waals surface area contributed by atoms with E-state index in [1.54, 1.807) is 0 Å². The van der Waals surface area contributed by atoms with Gasteiger partial charge in [-0.1, -0.05) is 42.0 Å². The highest BCUT2D eigenvalue weighted by atomic mass is 32.1. The zero-order chi connectivity index (χ0) is 19.2. The lowest BCUT2D eigenvalue weighted by molar-refractivity contribution is -0.122. The molecule has 1 saturated heterocycles. The van der Waals surface area contributed by atoms with E-state index in [4.69, 9.17) is 0 Å². The number of nitrogens with one attached hydrogen (secondary N) is 1. The Balaban J connectivity index is 1.43. The fourth-order valence-electron chi connectivity index (χ4n) is 3.36. The highest BCUT2D eigenvalue weighted by Crippen LogP contribution is 2.19. The number of carbonyl (C=O) groups is 2. The predicted molar refractivity (Wildman–Crippen MR) is 110 cm³/mol. The van der Waals surface area contributed by atoms with Crippen LogP contribution in [-0.2, 0) is 11.2 Å². The van der Waals surface area contributed by atoms with Crippen LogP contribution in [0.25, 0.3) is 0 Å². The van der Waals surface area contributed by atoms with Crippen molar-refractivity contribution in [3.63, 3.8) is 0 Å².